The molecule has 0 spiro atoms. The van der Waals surface area contributed by atoms with Crippen molar-refractivity contribution in [1.29, 1.82) is 0 Å². The van der Waals surface area contributed by atoms with Crippen LogP contribution in [0.1, 0.15) is 114 Å². The molecule has 0 amide bonds. The van der Waals surface area contributed by atoms with Crippen LogP contribution in [0.2, 0.25) is 0 Å². The first kappa shape index (κ1) is 31.0. The molecule has 50 heavy (non-hydrogen) atoms. The number of fused-ring (bicyclic) bond motifs is 5. The maximum Gasteiger partial charge on any atom is 0.0582 e. The number of hydrogen-bond acceptors (Lipinski definition) is 1. The van der Waals surface area contributed by atoms with E-state index in [4.69, 9.17) is 0 Å². The fourth-order valence-electron chi connectivity index (χ4n) is 11.5. The zero-order valence-corrected chi connectivity index (χ0v) is 29.9. The van der Waals surface area contributed by atoms with Gasteiger partial charge in [-0.2, -0.15) is 0 Å². The Hall–Kier alpha value is -3.78. The Kier molecular flexibility index (Phi) is 8.11. The van der Waals surface area contributed by atoms with E-state index in [1.807, 2.05) is 0 Å². The molecule has 2 nitrogen and oxygen atoms in total. The van der Waals surface area contributed by atoms with Gasteiger partial charge in [-0.25, -0.2) is 0 Å². The predicted octanol–water partition coefficient (Wildman–Crippen LogP) is 10.6. The zero-order valence-electron chi connectivity index (χ0n) is 29.9. The highest BCUT2D eigenvalue weighted by molar-refractivity contribution is 5.83. The summed E-state index contributed by atoms with van der Waals surface area (Å²) in [5.41, 5.74) is 9.67. The van der Waals surface area contributed by atoms with Gasteiger partial charge in [0.15, 0.2) is 0 Å². The molecule has 7 atom stereocenters. The number of allylic oxidation sites excluding steroid dienone is 11. The van der Waals surface area contributed by atoms with Crippen LogP contribution in [0.15, 0.2) is 114 Å². The minimum absolute atomic E-state index is 0.419. The summed E-state index contributed by atoms with van der Waals surface area (Å²) in [5, 5.41) is 4.53. The molecule has 1 fully saturated rings. The van der Waals surface area contributed by atoms with Crippen LogP contribution in [0, 0.1) is 17.8 Å². The highest BCUT2D eigenvalue weighted by Crippen LogP contribution is 2.53. The highest BCUT2D eigenvalue weighted by Gasteiger charge is 2.47. The smallest absolute Gasteiger partial charge is 0.0582 e. The topological polar surface area (TPSA) is 8.17 Å². The summed E-state index contributed by atoms with van der Waals surface area (Å²) in [5.74, 6) is 2.30. The van der Waals surface area contributed by atoms with Crippen molar-refractivity contribution in [2.24, 2.45) is 17.8 Å². The summed E-state index contributed by atoms with van der Waals surface area (Å²) in [6.45, 7) is 0. The van der Waals surface area contributed by atoms with Gasteiger partial charge in [0.1, 0.15) is 0 Å². The first-order chi connectivity index (χ1) is 24.8. The quantitative estimate of drug-likeness (QED) is 0.290. The second-order valence-electron chi connectivity index (χ2n) is 16.5. The molecule has 256 valence electrons. The van der Waals surface area contributed by atoms with Gasteiger partial charge >= 0.3 is 0 Å². The molecule has 1 saturated carbocycles. The first-order valence-corrected chi connectivity index (χ1v) is 20.4. The van der Waals surface area contributed by atoms with Gasteiger partial charge in [0.25, 0.3) is 0 Å². The van der Waals surface area contributed by atoms with Crippen LogP contribution in [0.25, 0.3) is 23.1 Å². The fraction of sp³-hybridized carbons (Fsp3) is 0.458. The highest BCUT2D eigenvalue weighted by atomic mass is 15.2. The second-order valence-corrected chi connectivity index (χ2v) is 16.5. The van der Waals surface area contributed by atoms with Crippen LogP contribution in [0.5, 0.6) is 0 Å². The lowest BCUT2D eigenvalue weighted by molar-refractivity contribution is 0.140. The molecule has 0 saturated heterocycles. The van der Waals surface area contributed by atoms with Crippen LogP contribution in [0.3, 0.4) is 0 Å². The summed E-state index contributed by atoms with van der Waals surface area (Å²) in [7, 11) is 0. The largest absolute Gasteiger partial charge is 0.361 e. The molecule has 1 aromatic carbocycles. The molecular formula is C48H54N2. The van der Waals surface area contributed by atoms with Gasteiger partial charge in [-0.1, -0.05) is 90.6 Å². The Labute approximate surface area is 299 Å². The van der Waals surface area contributed by atoms with Gasteiger partial charge in [0.05, 0.1) is 6.04 Å². The number of rotatable bonds is 5. The van der Waals surface area contributed by atoms with Gasteiger partial charge < -0.3 is 9.47 Å². The standard InChI is InChI=1S/C48H54N2/c1-4-14-33(15-5-1)37-24-27-39(34-16-6-2-7-17-34)48(32-37)50-45-23-13-11-21-41(45)43-31-36(26-29-47(43)50)35-25-28-46-42(30-35)40-20-10-12-22-44(40)49(46)38-18-8-3-9-19-38/h1,3-5,8,13-14,16,20,22-25,27-28,30,32-33,36,38-39,43,47-48H,2,6-7,9-12,15,17-19,21,26,29,31H2/t33?,36?,38?,39?,43?,47?,48-/m0/s1. The Morgan fingerprint density at radius 3 is 2.60 bits per heavy atom. The van der Waals surface area contributed by atoms with Crippen molar-refractivity contribution in [3.05, 3.63) is 130 Å². The lowest BCUT2D eigenvalue weighted by atomic mass is 9.71. The second kappa shape index (κ2) is 13.1. The number of aromatic nitrogens is 1. The summed E-state index contributed by atoms with van der Waals surface area (Å²) in [4.78, 5) is 2.99. The van der Waals surface area contributed by atoms with Gasteiger partial charge in [-0.15, -0.1) is 0 Å². The van der Waals surface area contributed by atoms with Crippen LogP contribution >= 0.6 is 0 Å². The number of benzene rings is 1. The molecule has 0 bridgehead atoms. The van der Waals surface area contributed by atoms with Crippen LogP contribution in [0.4, 0.5) is 0 Å². The molecule has 1 aromatic heterocycles. The van der Waals surface area contributed by atoms with Crippen LogP contribution in [-0.4, -0.2) is 21.6 Å². The van der Waals surface area contributed by atoms with E-state index in [9.17, 15) is 0 Å². The maximum absolute atomic E-state index is 2.99. The summed E-state index contributed by atoms with van der Waals surface area (Å²) < 4.78 is 2.72. The zero-order chi connectivity index (χ0) is 33.0. The average Bonchev–Trinajstić information content (AvgIpc) is 3.71. The van der Waals surface area contributed by atoms with E-state index in [0.29, 0.717) is 41.8 Å². The Morgan fingerprint density at radius 1 is 0.740 bits per heavy atom. The molecule has 1 aliphatic heterocycles. The summed E-state index contributed by atoms with van der Waals surface area (Å²) in [6.07, 6.45) is 53.3. The molecule has 6 unspecified atom stereocenters. The van der Waals surface area contributed by atoms with E-state index in [2.05, 4.69) is 113 Å². The minimum atomic E-state index is 0.419. The van der Waals surface area contributed by atoms with Crippen LogP contribution < -0.4 is 10.6 Å². The van der Waals surface area contributed by atoms with Crippen molar-refractivity contribution in [3.63, 3.8) is 0 Å². The molecule has 8 aliphatic rings. The van der Waals surface area contributed by atoms with E-state index in [0.717, 1.165) is 6.42 Å². The number of nitrogens with zero attached hydrogens (tertiary/aromatic N) is 2. The van der Waals surface area contributed by atoms with Gasteiger partial charge in [-0.3, -0.25) is 0 Å². The Morgan fingerprint density at radius 2 is 1.72 bits per heavy atom. The van der Waals surface area contributed by atoms with Crippen molar-refractivity contribution < 1.29 is 0 Å². The van der Waals surface area contributed by atoms with E-state index < -0.39 is 0 Å². The Bertz CT molecular complexity index is 2050. The van der Waals surface area contributed by atoms with Crippen molar-refractivity contribution >= 4 is 23.1 Å². The van der Waals surface area contributed by atoms with Gasteiger partial charge in [0, 0.05) is 57.0 Å². The third-order valence-corrected chi connectivity index (χ3v) is 13.8. The third kappa shape index (κ3) is 5.27. The molecule has 2 heteroatoms. The molecule has 10 rings (SSSR count). The molecule has 7 aliphatic carbocycles. The van der Waals surface area contributed by atoms with Crippen molar-refractivity contribution in [1.82, 2.24) is 9.47 Å². The van der Waals surface area contributed by atoms with E-state index >= 15 is 0 Å². The first-order valence-electron chi connectivity index (χ1n) is 20.4. The SMILES string of the molecule is C1=CCC(C2=C[C@H](N3C4=C(CCC=C4)C4CC(c5ccc6c(c5)c5c(n6C6CC=CCC6)=CCCC=5)CCC43)C(C3=CCCCC3)C=C2)C=C1. The third-order valence-electron chi connectivity index (χ3n) is 13.8. The lowest BCUT2D eigenvalue weighted by Crippen LogP contribution is -2.47. The van der Waals surface area contributed by atoms with Gasteiger partial charge in [-0.05, 0) is 137 Å². The molecule has 2 heterocycles. The summed E-state index contributed by atoms with van der Waals surface area (Å²) in [6, 6.07) is 9.32. The molecule has 0 radical (unpaired) electrons. The summed E-state index contributed by atoms with van der Waals surface area (Å²) >= 11 is 0. The predicted molar refractivity (Wildman–Crippen MR) is 210 cm³/mol. The van der Waals surface area contributed by atoms with Crippen molar-refractivity contribution in [3.8, 4) is 0 Å². The van der Waals surface area contributed by atoms with Crippen molar-refractivity contribution in [2.75, 3.05) is 0 Å². The maximum atomic E-state index is 2.99. The van der Waals surface area contributed by atoms with Crippen LogP contribution in [-0.2, 0) is 0 Å². The average molecular weight is 659 g/mol. The molecular weight excluding hydrogens is 605 g/mol. The Balaban J connectivity index is 0.996. The van der Waals surface area contributed by atoms with E-state index in [1.165, 1.54) is 117 Å². The lowest BCUT2D eigenvalue weighted by Gasteiger charge is -2.45. The molecule has 2 aromatic rings. The number of hydrogen-bond donors (Lipinski definition) is 0. The van der Waals surface area contributed by atoms with Crippen molar-refractivity contribution in [2.45, 2.75) is 120 Å². The van der Waals surface area contributed by atoms with E-state index in [-0.39, 0.29) is 0 Å². The van der Waals surface area contributed by atoms with E-state index in [1.54, 1.807) is 22.4 Å². The fourth-order valence-corrected chi connectivity index (χ4v) is 11.5. The monoisotopic (exact) mass is 658 g/mol. The normalized spacial score (nSPS) is 33.0. The minimum Gasteiger partial charge on any atom is -0.361 e. The van der Waals surface area contributed by atoms with Gasteiger partial charge in [0.2, 0.25) is 0 Å². The molecule has 0 N–H and O–H groups in total.